The number of carbonyl (C=O) groups is 1. The second kappa shape index (κ2) is 5.91. The minimum atomic E-state index is -0.232. The lowest BCUT2D eigenvalue weighted by Gasteiger charge is -2.31. The molecule has 1 amide bonds. The van der Waals surface area contributed by atoms with Crippen LogP contribution in [0.2, 0.25) is 0 Å². The number of hydrogen-bond acceptors (Lipinski definition) is 2. The van der Waals surface area contributed by atoms with Crippen LogP contribution in [0.4, 0.5) is 4.79 Å². The van der Waals surface area contributed by atoms with Crippen LogP contribution in [0.25, 0.3) is 0 Å². The fourth-order valence-electron chi connectivity index (χ4n) is 2.98. The fraction of sp³-hybridized carbons (Fsp3) is 0.438. The first kappa shape index (κ1) is 13.7. The summed E-state index contributed by atoms with van der Waals surface area (Å²) in [6, 6.07) is 10.4. The highest BCUT2D eigenvalue weighted by molar-refractivity contribution is 5.68. The molecule has 0 aliphatic carbocycles. The monoisotopic (exact) mass is 259 g/mol. The second-order valence-corrected chi connectivity index (χ2v) is 5.11. The van der Waals surface area contributed by atoms with Gasteiger partial charge in [-0.05, 0) is 25.3 Å². The van der Waals surface area contributed by atoms with Gasteiger partial charge in [0.25, 0.3) is 0 Å². The summed E-state index contributed by atoms with van der Waals surface area (Å²) in [5, 5.41) is 0. The van der Waals surface area contributed by atoms with Crippen molar-refractivity contribution >= 4 is 6.09 Å². The van der Waals surface area contributed by atoms with Crippen LogP contribution in [0.15, 0.2) is 42.5 Å². The van der Waals surface area contributed by atoms with Gasteiger partial charge in [0.15, 0.2) is 0 Å². The number of amides is 1. The van der Waals surface area contributed by atoms with Crippen LogP contribution in [-0.2, 0) is 4.74 Å². The van der Waals surface area contributed by atoms with Crippen molar-refractivity contribution in [3.05, 3.63) is 48.0 Å². The van der Waals surface area contributed by atoms with E-state index in [-0.39, 0.29) is 18.1 Å². The Morgan fingerprint density at radius 1 is 1.42 bits per heavy atom. The molecule has 0 saturated carbocycles. The number of benzene rings is 1. The van der Waals surface area contributed by atoms with Crippen molar-refractivity contribution in [2.75, 3.05) is 13.7 Å². The molecule has 0 radical (unpaired) electrons. The molecule has 1 saturated heterocycles. The Labute approximate surface area is 114 Å². The van der Waals surface area contributed by atoms with Gasteiger partial charge >= 0.3 is 6.09 Å². The van der Waals surface area contributed by atoms with Gasteiger partial charge in [0.05, 0.1) is 7.11 Å². The summed E-state index contributed by atoms with van der Waals surface area (Å²) in [7, 11) is 1.44. The largest absolute Gasteiger partial charge is 0.453 e. The van der Waals surface area contributed by atoms with Crippen molar-refractivity contribution in [2.24, 2.45) is 0 Å². The van der Waals surface area contributed by atoms with E-state index in [1.807, 2.05) is 30.0 Å². The maximum atomic E-state index is 11.9. The van der Waals surface area contributed by atoms with Gasteiger partial charge in [-0.2, -0.15) is 0 Å². The lowest BCUT2D eigenvalue weighted by Crippen LogP contribution is -2.39. The summed E-state index contributed by atoms with van der Waals surface area (Å²) < 4.78 is 4.89. The van der Waals surface area contributed by atoms with Crippen molar-refractivity contribution in [3.8, 4) is 0 Å². The van der Waals surface area contributed by atoms with Crippen molar-refractivity contribution in [2.45, 2.75) is 31.7 Å². The summed E-state index contributed by atoms with van der Waals surface area (Å²) >= 11 is 0. The predicted octanol–water partition coefficient (Wildman–Crippen LogP) is 3.58. The lowest BCUT2D eigenvalue weighted by molar-refractivity contribution is 0.116. The zero-order valence-corrected chi connectivity index (χ0v) is 11.6. The molecule has 1 aromatic rings. The standard InChI is InChI=1S/C16H21NO2/c1-12(2)15(13-8-5-4-6-9-13)14-10-7-11-17(14)16(18)19-3/h4-6,8-9,14-15H,1,7,10-11H2,2-3H3. The summed E-state index contributed by atoms with van der Waals surface area (Å²) in [4.78, 5) is 13.7. The van der Waals surface area contributed by atoms with Gasteiger partial charge in [-0.25, -0.2) is 4.79 Å². The number of carbonyl (C=O) groups excluding carboxylic acids is 1. The third-order valence-corrected chi connectivity index (χ3v) is 3.78. The van der Waals surface area contributed by atoms with E-state index < -0.39 is 0 Å². The molecule has 1 aliphatic heterocycles. The topological polar surface area (TPSA) is 29.5 Å². The highest BCUT2D eigenvalue weighted by Crippen LogP contribution is 2.35. The highest BCUT2D eigenvalue weighted by atomic mass is 16.5. The number of methoxy groups -OCH3 is 1. The maximum Gasteiger partial charge on any atom is 0.409 e. The molecule has 19 heavy (non-hydrogen) atoms. The van der Waals surface area contributed by atoms with Gasteiger partial charge in [0.1, 0.15) is 0 Å². The van der Waals surface area contributed by atoms with Crippen LogP contribution in [-0.4, -0.2) is 30.7 Å². The van der Waals surface area contributed by atoms with E-state index in [4.69, 9.17) is 4.74 Å². The van der Waals surface area contributed by atoms with E-state index in [1.54, 1.807) is 0 Å². The number of ether oxygens (including phenoxy) is 1. The Bertz CT molecular complexity index is 455. The van der Waals surface area contributed by atoms with E-state index in [2.05, 4.69) is 18.7 Å². The SMILES string of the molecule is C=C(C)C(c1ccccc1)C1CCCN1C(=O)OC. The van der Waals surface area contributed by atoms with Crippen LogP contribution in [0, 0.1) is 0 Å². The summed E-state index contributed by atoms with van der Waals surface area (Å²) in [6.07, 6.45) is 1.79. The van der Waals surface area contributed by atoms with E-state index in [1.165, 1.54) is 12.7 Å². The van der Waals surface area contributed by atoms with Crippen LogP contribution in [0.1, 0.15) is 31.2 Å². The molecule has 0 spiro atoms. The van der Waals surface area contributed by atoms with E-state index >= 15 is 0 Å². The third-order valence-electron chi connectivity index (χ3n) is 3.78. The van der Waals surface area contributed by atoms with E-state index in [0.717, 1.165) is 25.0 Å². The average Bonchev–Trinajstić information content (AvgIpc) is 2.88. The van der Waals surface area contributed by atoms with E-state index in [9.17, 15) is 4.79 Å². The first-order valence-corrected chi connectivity index (χ1v) is 6.70. The van der Waals surface area contributed by atoms with Crippen LogP contribution in [0.3, 0.4) is 0 Å². The Hall–Kier alpha value is -1.77. The Kier molecular flexibility index (Phi) is 4.25. The number of rotatable bonds is 3. The van der Waals surface area contributed by atoms with Gasteiger partial charge in [0, 0.05) is 18.5 Å². The molecule has 3 nitrogen and oxygen atoms in total. The molecule has 0 N–H and O–H groups in total. The van der Waals surface area contributed by atoms with Gasteiger partial charge in [-0.3, -0.25) is 0 Å². The first-order chi connectivity index (χ1) is 9.15. The Morgan fingerprint density at radius 2 is 2.11 bits per heavy atom. The zero-order valence-electron chi connectivity index (χ0n) is 11.6. The molecule has 0 aromatic heterocycles. The summed E-state index contributed by atoms with van der Waals surface area (Å²) in [5.41, 5.74) is 2.31. The van der Waals surface area contributed by atoms with Gasteiger partial charge in [-0.1, -0.05) is 42.5 Å². The van der Waals surface area contributed by atoms with Gasteiger partial charge in [0.2, 0.25) is 0 Å². The van der Waals surface area contributed by atoms with Gasteiger partial charge in [-0.15, -0.1) is 0 Å². The number of nitrogens with zero attached hydrogens (tertiary/aromatic N) is 1. The van der Waals surface area contributed by atoms with Crippen molar-refractivity contribution < 1.29 is 9.53 Å². The smallest absolute Gasteiger partial charge is 0.409 e. The second-order valence-electron chi connectivity index (χ2n) is 5.11. The zero-order chi connectivity index (χ0) is 13.8. The summed E-state index contributed by atoms with van der Waals surface area (Å²) in [5.74, 6) is 0.183. The molecule has 0 bridgehead atoms. The summed E-state index contributed by atoms with van der Waals surface area (Å²) in [6.45, 7) is 6.92. The minimum absolute atomic E-state index is 0.160. The normalized spacial score (nSPS) is 20.1. The molecular formula is C16H21NO2. The molecule has 3 heteroatoms. The van der Waals surface area contributed by atoms with Crippen molar-refractivity contribution in [1.82, 2.24) is 4.90 Å². The lowest BCUT2D eigenvalue weighted by atomic mass is 9.85. The molecule has 2 atom stereocenters. The number of hydrogen-bond donors (Lipinski definition) is 0. The van der Waals surface area contributed by atoms with Crippen molar-refractivity contribution in [3.63, 3.8) is 0 Å². The molecule has 1 fully saturated rings. The van der Waals surface area contributed by atoms with Crippen LogP contribution < -0.4 is 0 Å². The molecule has 1 aliphatic rings. The van der Waals surface area contributed by atoms with Crippen LogP contribution >= 0.6 is 0 Å². The van der Waals surface area contributed by atoms with Crippen LogP contribution in [0.5, 0.6) is 0 Å². The molecule has 1 heterocycles. The first-order valence-electron chi connectivity index (χ1n) is 6.70. The minimum Gasteiger partial charge on any atom is -0.453 e. The predicted molar refractivity (Wildman–Crippen MR) is 76.1 cm³/mol. The Balaban J connectivity index is 2.29. The molecule has 1 aromatic carbocycles. The average molecular weight is 259 g/mol. The highest BCUT2D eigenvalue weighted by Gasteiger charge is 2.36. The Morgan fingerprint density at radius 3 is 2.68 bits per heavy atom. The molecular weight excluding hydrogens is 238 g/mol. The van der Waals surface area contributed by atoms with Crippen molar-refractivity contribution in [1.29, 1.82) is 0 Å². The molecule has 2 rings (SSSR count). The fourth-order valence-corrected chi connectivity index (χ4v) is 2.98. The molecule has 2 unspecified atom stereocenters. The quantitative estimate of drug-likeness (QED) is 0.776. The van der Waals surface area contributed by atoms with E-state index in [0.29, 0.717) is 0 Å². The van der Waals surface area contributed by atoms with Gasteiger partial charge < -0.3 is 9.64 Å². The third kappa shape index (κ3) is 2.80. The number of likely N-dealkylation sites (tertiary alicyclic amines) is 1. The maximum absolute atomic E-state index is 11.9. The molecule has 102 valence electrons.